The smallest absolute Gasteiger partial charge is 0.136 e. The van der Waals surface area contributed by atoms with E-state index >= 15 is 0 Å². The molecule has 0 unspecified atom stereocenters. The Hall–Kier alpha value is -0.410. The van der Waals surface area contributed by atoms with E-state index in [1.165, 1.54) is 45.2 Å². The zero-order chi connectivity index (χ0) is 10.3. The molecule has 84 valence electrons. The van der Waals surface area contributed by atoms with Crippen LogP contribution in [-0.2, 0) is 4.79 Å². The third-order valence-corrected chi connectivity index (χ3v) is 4.18. The first kappa shape index (κ1) is 9.79. The van der Waals surface area contributed by atoms with Gasteiger partial charge in [0.2, 0.25) is 0 Å². The SMILES string of the molecule is O=C1CCN(N2CCCCC2)C2(CC2)C1. The van der Waals surface area contributed by atoms with E-state index in [4.69, 9.17) is 0 Å². The van der Waals surface area contributed by atoms with Gasteiger partial charge >= 0.3 is 0 Å². The van der Waals surface area contributed by atoms with Crippen LogP contribution in [0.15, 0.2) is 0 Å². The van der Waals surface area contributed by atoms with Gasteiger partial charge in [-0.25, -0.2) is 10.0 Å². The van der Waals surface area contributed by atoms with Crippen LogP contribution in [0.2, 0.25) is 0 Å². The van der Waals surface area contributed by atoms with Crippen LogP contribution < -0.4 is 0 Å². The highest BCUT2D eigenvalue weighted by molar-refractivity contribution is 5.81. The fraction of sp³-hybridized carbons (Fsp3) is 0.917. The van der Waals surface area contributed by atoms with Crippen molar-refractivity contribution in [2.24, 2.45) is 0 Å². The fourth-order valence-corrected chi connectivity index (χ4v) is 3.15. The first-order valence-electron chi connectivity index (χ1n) is 6.34. The van der Waals surface area contributed by atoms with Crippen molar-refractivity contribution in [2.45, 2.75) is 50.5 Å². The molecule has 0 aromatic carbocycles. The van der Waals surface area contributed by atoms with Crippen LogP contribution in [-0.4, -0.2) is 41.0 Å². The van der Waals surface area contributed by atoms with Gasteiger partial charge in [-0.3, -0.25) is 4.79 Å². The van der Waals surface area contributed by atoms with Gasteiger partial charge in [0.15, 0.2) is 0 Å². The highest BCUT2D eigenvalue weighted by Crippen LogP contribution is 2.48. The largest absolute Gasteiger partial charge is 0.300 e. The van der Waals surface area contributed by atoms with Crippen molar-refractivity contribution in [1.82, 2.24) is 10.0 Å². The Morgan fingerprint density at radius 1 is 1.00 bits per heavy atom. The van der Waals surface area contributed by atoms with Crippen LogP contribution in [0.1, 0.15) is 44.9 Å². The Morgan fingerprint density at radius 3 is 2.40 bits per heavy atom. The van der Waals surface area contributed by atoms with E-state index in [2.05, 4.69) is 10.0 Å². The Balaban J connectivity index is 1.71. The number of hydrogen-bond donors (Lipinski definition) is 0. The zero-order valence-corrected chi connectivity index (χ0v) is 9.37. The van der Waals surface area contributed by atoms with E-state index in [1.807, 2.05) is 0 Å². The van der Waals surface area contributed by atoms with Crippen molar-refractivity contribution in [3.05, 3.63) is 0 Å². The summed E-state index contributed by atoms with van der Waals surface area (Å²) >= 11 is 0. The topological polar surface area (TPSA) is 23.6 Å². The molecule has 1 aliphatic carbocycles. The highest BCUT2D eigenvalue weighted by atomic mass is 16.1. The van der Waals surface area contributed by atoms with Gasteiger partial charge in [0.1, 0.15) is 5.78 Å². The number of ketones is 1. The first-order chi connectivity index (χ1) is 7.30. The van der Waals surface area contributed by atoms with Crippen LogP contribution in [0.3, 0.4) is 0 Å². The number of carbonyl (C=O) groups is 1. The van der Waals surface area contributed by atoms with Crippen LogP contribution in [0, 0.1) is 0 Å². The molecule has 0 bridgehead atoms. The maximum Gasteiger partial charge on any atom is 0.136 e. The molecule has 0 aromatic rings. The zero-order valence-electron chi connectivity index (χ0n) is 9.37. The molecule has 0 atom stereocenters. The predicted molar refractivity (Wildman–Crippen MR) is 58.3 cm³/mol. The molecule has 2 saturated heterocycles. The molecular formula is C12H20N2O. The monoisotopic (exact) mass is 208 g/mol. The normalized spacial score (nSPS) is 32.1. The number of hydrazine groups is 1. The lowest BCUT2D eigenvalue weighted by molar-refractivity contribution is -0.138. The third kappa shape index (κ3) is 1.72. The minimum absolute atomic E-state index is 0.284. The van der Waals surface area contributed by atoms with Crippen molar-refractivity contribution < 1.29 is 4.79 Å². The maximum atomic E-state index is 11.5. The van der Waals surface area contributed by atoms with E-state index < -0.39 is 0 Å². The third-order valence-electron chi connectivity index (χ3n) is 4.18. The summed E-state index contributed by atoms with van der Waals surface area (Å²) in [6, 6.07) is 0. The Bertz CT molecular complexity index is 267. The van der Waals surface area contributed by atoms with Crippen molar-refractivity contribution in [2.75, 3.05) is 19.6 Å². The van der Waals surface area contributed by atoms with E-state index in [-0.39, 0.29) is 5.54 Å². The number of hydrogen-bond acceptors (Lipinski definition) is 3. The Morgan fingerprint density at radius 2 is 1.73 bits per heavy atom. The number of piperidine rings is 2. The molecule has 2 heterocycles. The van der Waals surface area contributed by atoms with E-state index in [0.29, 0.717) is 5.78 Å². The molecule has 0 radical (unpaired) electrons. The van der Waals surface area contributed by atoms with Crippen molar-refractivity contribution >= 4 is 5.78 Å². The van der Waals surface area contributed by atoms with Crippen molar-refractivity contribution in [1.29, 1.82) is 0 Å². The number of carbonyl (C=O) groups excluding carboxylic acids is 1. The van der Waals surface area contributed by atoms with Gasteiger partial charge < -0.3 is 0 Å². The molecule has 3 fully saturated rings. The molecule has 1 saturated carbocycles. The average Bonchev–Trinajstić information content (AvgIpc) is 2.99. The lowest BCUT2D eigenvalue weighted by atomic mass is 10.00. The second-order valence-electron chi connectivity index (χ2n) is 5.33. The standard InChI is InChI=1S/C12H20N2O/c15-11-4-9-14(12(10-11)5-6-12)13-7-2-1-3-8-13/h1-10H2. The predicted octanol–water partition coefficient (Wildman–Crippen LogP) is 1.58. The van der Waals surface area contributed by atoms with Gasteiger partial charge in [0.05, 0.1) is 0 Å². The second-order valence-corrected chi connectivity index (χ2v) is 5.33. The molecule has 0 amide bonds. The minimum atomic E-state index is 0.284. The van der Waals surface area contributed by atoms with Gasteiger partial charge in [-0.05, 0) is 25.7 Å². The van der Waals surface area contributed by atoms with Crippen LogP contribution >= 0.6 is 0 Å². The van der Waals surface area contributed by atoms with Gasteiger partial charge in [-0.15, -0.1) is 0 Å². The van der Waals surface area contributed by atoms with Gasteiger partial charge in [-0.2, -0.15) is 0 Å². The van der Waals surface area contributed by atoms with E-state index in [0.717, 1.165) is 19.4 Å². The van der Waals surface area contributed by atoms with Crippen LogP contribution in [0.5, 0.6) is 0 Å². The average molecular weight is 208 g/mol. The van der Waals surface area contributed by atoms with E-state index in [9.17, 15) is 4.79 Å². The molecule has 1 spiro atoms. The van der Waals surface area contributed by atoms with Crippen molar-refractivity contribution in [3.8, 4) is 0 Å². The van der Waals surface area contributed by atoms with Gasteiger partial charge in [0, 0.05) is 38.0 Å². The van der Waals surface area contributed by atoms with Gasteiger partial charge in [-0.1, -0.05) is 6.42 Å². The van der Waals surface area contributed by atoms with Crippen LogP contribution in [0.25, 0.3) is 0 Å². The lowest BCUT2D eigenvalue weighted by Gasteiger charge is -2.45. The molecule has 0 N–H and O–H groups in total. The summed E-state index contributed by atoms with van der Waals surface area (Å²) in [6.07, 6.45) is 8.14. The van der Waals surface area contributed by atoms with E-state index in [1.54, 1.807) is 0 Å². The molecular weight excluding hydrogens is 188 g/mol. The summed E-state index contributed by atoms with van der Waals surface area (Å²) in [4.78, 5) is 11.5. The summed E-state index contributed by atoms with van der Waals surface area (Å²) in [7, 11) is 0. The summed E-state index contributed by atoms with van der Waals surface area (Å²) in [5, 5.41) is 5.08. The first-order valence-corrected chi connectivity index (χ1v) is 6.34. The minimum Gasteiger partial charge on any atom is -0.300 e. The Labute approximate surface area is 91.4 Å². The van der Waals surface area contributed by atoms with Crippen molar-refractivity contribution in [3.63, 3.8) is 0 Å². The second kappa shape index (κ2) is 3.56. The molecule has 3 rings (SSSR count). The Kier molecular flexibility index (Phi) is 2.33. The molecule has 3 nitrogen and oxygen atoms in total. The maximum absolute atomic E-state index is 11.5. The van der Waals surface area contributed by atoms with Crippen LogP contribution in [0.4, 0.5) is 0 Å². The fourth-order valence-electron chi connectivity index (χ4n) is 3.15. The van der Waals surface area contributed by atoms with Gasteiger partial charge in [0.25, 0.3) is 0 Å². The number of Topliss-reactive ketones (excluding diaryl/α,β-unsaturated/α-hetero) is 1. The quantitative estimate of drug-likeness (QED) is 0.653. The number of nitrogens with zero attached hydrogens (tertiary/aromatic N) is 2. The summed E-state index contributed by atoms with van der Waals surface area (Å²) in [6.45, 7) is 3.42. The molecule has 3 aliphatic rings. The number of rotatable bonds is 1. The summed E-state index contributed by atoms with van der Waals surface area (Å²) in [5.74, 6) is 0.487. The molecule has 2 aliphatic heterocycles. The molecule has 0 aromatic heterocycles. The molecule has 15 heavy (non-hydrogen) atoms. The summed E-state index contributed by atoms with van der Waals surface area (Å²) < 4.78 is 0. The molecule has 3 heteroatoms. The highest BCUT2D eigenvalue weighted by Gasteiger charge is 2.53. The summed E-state index contributed by atoms with van der Waals surface area (Å²) in [5.41, 5.74) is 0.284. The lowest BCUT2D eigenvalue weighted by Crippen LogP contribution is -2.55.